The van der Waals surface area contributed by atoms with E-state index in [2.05, 4.69) is 35.5 Å². The number of nitrogens with zero attached hydrogens (tertiary/aromatic N) is 1. The van der Waals surface area contributed by atoms with E-state index in [4.69, 9.17) is 9.47 Å². The molecule has 0 saturated heterocycles. The van der Waals surface area contributed by atoms with E-state index in [9.17, 15) is 0 Å². The Bertz CT molecular complexity index is 461. The Kier molecular flexibility index (Phi) is 9.87. The van der Waals surface area contributed by atoms with Crippen LogP contribution in [-0.2, 0) is 11.3 Å². The second-order valence-electron chi connectivity index (χ2n) is 5.76. The second kappa shape index (κ2) is 11.8. The summed E-state index contributed by atoms with van der Waals surface area (Å²) in [5, 5.41) is 6.60. The van der Waals surface area contributed by atoms with Crippen LogP contribution in [-0.4, -0.2) is 39.4 Å². The summed E-state index contributed by atoms with van der Waals surface area (Å²) in [6.07, 6.45) is 0.966. The van der Waals surface area contributed by atoms with Gasteiger partial charge in [0.15, 0.2) is 5.96 Å². The minimum atomic E-state index is 0.588. The van der Waals surface area contributed by atoms with E-state index in [0.717, 1.165) is 37.9 Å². The van der Waals surface area contributed by atoms with Crippen molar-refractivity contribution in [3.05, 3.63) is 29.8 Å². The SMILES string of the molecule is CCOc1cccc(CNC(=NC)NCCCOCC(C)C)c1. The summed E-state index contributed by atoms with van der Waals surface area (Å²) < 4.78 is 11.1. The molecule has 1 rings (SSSR count). The van der Waals surface area contributed by atoms with Crippen LogP contribution in [0.15, 0.2) is 29.3 Å². The first-order valence-electron chi connectivity index (χ1n) is 8.39. The first kappa shape index (κ1) is 19.3. The maximum Gasteiger partial charge on any atom is 0.191 e. The van der Waals surface area contributed by atoms with Crippen molar-refractivity contribution in [1.29, 1.82) is 0 Å². The average molecular weight is 321 g/mol. The number of rotatable bonds is 10. The molecule has 0 atom stereocenters. The highest BCUT2D eigenvalue weighted by Crippen LogP contribution is 2.12. The van der Waals surface area contributed by atoms with Crippen molar-refractivity contribution in [3.8, 4) is 5.75 Å². The highest BCUT2D eigenvalue weighted by atomic mass is 16.5. The summed E-state index contributed by atoms with van der Waals surface area (Å²) in [5.74, 6) is 2.29. The van der Waals surface area contributed by atoms with E-state index >= 15 is 0 Å². The van der Waals surface area contributed by atoms with Crippen LogP contribution in [0.25, 0.3) is 0 Å². The minimum absolute atomic E-state index is 0.588. The maximum absolute atomic E-state index is 5.56. The molecule has 1 aromatic rings. The first-order valence-corrected chi connectivity index (χ1v) is 8.39. The van der Waals surface area contributed by atoms with Gasteiger partial charge < -0.3 is 20.1 Å². The Morgan fingerprint density at radius 1 is 1.26 bits per heavy atom. The molecule has 2 N–H and O–H groups in total. The molecule has 0 aliphatic carbocycles. The predicted octanol–water partition coefficient (Wildman–Crippen LogP) is 2.81. The van der Waals surface area contributed by atoms with Crippen LogP contribution in [0.2, 0.25) is 0 Å². The average Bonchev–Trinajstić information content (AvgIpc) is 2.54. The van der Waals surface area contributed by atoms with E-state index in [1.807, 2.05) is 25.1 Å². The highest BCUT2D eigenvalue weighted by Gasteiger charge is 2.00. The summed E-state index contributed by atoms with van der Waals surface area (Å²) in [7, 11) is 1.78. The van der Waals surface area contributed by atoms with Crippen LogP contribution < -0.4 is 15.4 Å². The zero-order chi connectivity index (χ0) is 16.9. The molecule has 0 amide bonds. The van der Waals surface area contributed by atoms with Crippen molar-refractivity contribution in [2.24, 2.45) is 10.9 Å². The van der Waals surface area contributed by atoms with Crippen molar-refractivity contribution < 1.29 is 9.47 Å². The highest BCUT2D eigenvalue weighted by molar-refractivity contribution is 5.79. The summed E-state index contributed by atoms with van der Waals surface area (Å²) >= 11 is 0. The lowest BCUT2D eigenvalue weighted by Crippen LogP contribution is -2.37. The van der Waals surface area contributed by atoms with E-state index < -0.39 is 0 Å². The molecule has 0 saturated carbocycles. The molecule has 0 spiro atoms. The Hall–Kier alpha value is -1.75. The Morgan fingerprint density at radius 2 is 2.09 bits per heavy atom. The van der Waals surface area contributed by atoms with Gasteiger partial charge >= 0.3 is 0 Å². The van der Waals surface area contributed by atoms with Gasteiger partial charge in [-0.3, -0.25) is 4.99 Å². The minimum Gasteiger partial charge on any atom is -0.494 e. The van der Waals surface area contributed by atoms with E-state index in [-0.39, 0.29) is 0 Å². The number of guanidine groups is 1. The summed E-state index contributed by atoms with van der Waals surface area (Å²) in [5.41, 5.74) is 1.17. The lowest BCUT2D eigenvalue weighted by Gasteiger charge is -2.13. The second-order valence-corrected chi connectivity index (χ2v) is 5.76. The quantitative estimate of drug-likeness (QED) is 0.395. The molecule has 23 heavy (non-hydrogen) atoms. The van der Waals surface area contributed by atoms with E-state index in [1.54, 1.807) is 7.05 Å². The lowest BCUT2D eigenvalue weighted by atomic mass is 10.2. The molecular weight excluding hydrogens is 290 g/mol. The molecule has 0 aliphatic heterocycles. The smallest absolute Gasteiger partial charge is 0.191 e. The molecule has 5 nitrogen and oxygen atoms in total. The third kappa shape index (κ3) is 9.08. The standard InChI is InChI=1S/C18H31N3O2/c1-5-23-17-9-6-8-16(12-17)13-21-18(19-4)20-10-7-11-22-14-15(2)3/h6,8-9,12,15H,5,7,10-11,13-14H2,1-4H3,(H2,19,20,21). The molecular formula is C18H31N3O2. The number of ether oxygens (including phenoxy) is 2. The van der Waals surface area contributed by atoms with Gasteiger partial charge in [0.2, 0.25) is 0 Å². The maximum atomic E-state index is 5.56. The van der Waals surface area contributed by atoms with Crippen molar-refractivity contribution >= 4 is 5.96 Å². The molecule has 0 fully saturated rings. The van der Waals surface area contributed by atoms with Crippen molar-refractivity contribution in [3.63, 3.8) is 0 Å². The number of hydrogen-bond donors (Lipinski definition) is 2. The largest absolute Gasteiger partial charge is 0.494 e. The summed E-state index contributed by atoms with van der Waals surface area (Å²) in [6.45, 7) is 10.1. The van der Waals surface area contributed by atoms with Crippen molar-refractivity contribution in [2.45, 2.75) is 33.7 Å². The monoisotopic (exact) mass is 321 g/mol. The van der Waals surface area contributed by atoms with Crippen LogP contribution >= 0.6 is 0 Å². The molecule has 5 heteroatoms. The molecule has 130 valence electrons. The van der Waals surface area contributed by atoms with Gasteiger partial charge in [0, 0.05) is 33.4 Å². The Morgan fingerprint density at radius 3 is 2.78 bits per heavy atom. The molecule has 0 radical (unpaired) electrons. The predicted molar refractivity (Wildman–Crippen MR) is 96.1 cm³/mol. The van der Waals surface area contributed by atoms with Crippen LogP contribution in [0.5, 0.6) is 5.75 Å². The van der Waals surface area contributed by atoms with Gasteiger partial charge in [-0.05, 0) is 37.0 Å². The van der Waals surface area contributed by atoms with E-state index in [0.29, 0.717) is 19.1 Å². The van der Waals surface area contributed by atoms with Crippen LogP contribution in [0.3, 0.4) is 0 Å². The summed E-state index contributed by atoms with van der Waals surface area (Å²) in [6, 6.07) is 8.09. The number of nitrogens with one attached hydrogen (secondary N) is 2. The zero-order valence-corrected chi connectivity index (χ0v) is 14.9. The molecule has 0 unspecified atom stereocenters. The normalized spacial score (nSPS) is 11.6. The topological polar surface area (TPSA) is 54.9 Å². The summed E-state index contributed by atoms with van der Waals surface area (Å²) in [4.78, 5) is 4.23. The molecule has 0 aromatic heterocycles. The van der Waals surface area contributed by atoms with Gasteiger partial charge in [-0.25, -0.2) is 0 Å². The molecule has 1 aromatic carbocycles. The lowest BCUT2D eigenvalue weighted by molar-refractivity contribution is 0.108. The van der Waals surface area contributed by atoms with Crippen LogP contribution in [0.4, 0.5) is 0 Å². The Labute approximate surface area is 140 Å². The fourth-order valence-electron chi connectivity index (χ4n) is 2.02. The van der Waals surface area contributed by atoms with Gasteiger partial charge in [0.05, 0.1) is 6.61 Å². The van der Waals surface area contributed by atoms with Gasteiger partial charge in [0.1, 0.15) is 5.75 Å². The Balaban J connectivity index is 2.25. The van der Waals surface area contributed by atoms with Gasteiger partial charge in [0.25, 0.3) is 0 Å². The van der Waals surface area contributed by atoms with E-state index in [1.165, 1.54) is 5.56 Å². The third-order valence-electron chi connectivity index (χ3n) is 3.10. The molecule has 0 heterocycles. The van der Waals surface area contributed by atoms with Crippen LogP contribution in [0, 0.1) is 5.92 Å². The van der Waals surface area contributed by atoms with Crippen molar-refractivity contribution in [1.82, 2.24) is 10.6 Å². The van der Waals surface area contributed by atoms with Gasteiger partial charge in [-0.15, -0.1) is 0 Å². The number of benzene rings is 1. The molecule has 0 aliphatic rings. The number of aliphatic imine (C=N–C) groups is 1. The number of hydrogen-bond acceptors (Lipinski definition) is 3. The fourth-order valence-corrected chi connectivity index (χ4v) is 2.02. The zero-order valence-electron chi connectivity index (χ0n) is 14.9. The van der Waals surface area contributed by atoms with Gasteiger partial charge in [-0.1, -0.05) is 26.0 Å². The first-order chi connectivity index (χ1) is 11.2. The molecule has 0 bridgehead atoms. The third-order valence-corrected chi connectivity index (χ3v) is 3.10. The van der Waals surface area contributed by atoms with Crippen LogP contribution in [0.1, 0.15) is 32.8 Å². The fraction of sp³-hybridized carbons (Fsp3) is 0.611. The van der Waals surface area contributed by atoms with Gasteiger partial charge in [-0.2, -0.15) is 0 Å². The van der Waals surface area contributed by atoms with Crippen molar-refractivity contribution in [2.75, 3.05) is 33.4 Å².